The van der Waals surface area contributed by atoms with Crippen LogP contribution < -0.4 is 10.6 Å². The Kier molecular flexibility index (Phi) is 16.7. The minimum atomic E-state index is -1.73. The molecule has 0 heterocycles. The van der Waals surface area contributed by atoms with Crippen molar-refractivity contribution in [2.45, 2.75) is 18.5 Å². The Bertz CT molecular complexity index is 1270. The number of rotatable bonds is 8. The first-order valence-corrected chi connectivity index (χ1v) is 14.3. The summed E-state index contributed by atoms with van der Waals surface area (Å²) >= 11 is 4.24. The fourth-order valence-corrected chi connectivity index (χ4v) is 4.14. The highest BCUT2D eigenvalue weighted by molar-refractivity contribution is 14.1. The third kappa shape index (κ3) is 10.4. The van der Waals surface area contributed by atoms with Gasteiger partial charge >= 0.3 is 11.9 Å². The number of nitrogens with zero attached hydrogens (tertiary/aromatic N) is 2. The molecule has 15 heteroatoms. The average molecular weight is 829 g/mol. The normalized spacial score (nSPS) is 12.1. The highest BCUT2D eigenvalue weighted by Crippen LogP contribution is 2.20. The van der Waals surface area contributed by atoms with E-state index >= 15 is 0 Å². The number of methoxy groups -OCH3 is 2. The molecule has 2 aromatic rings. The molecule has 4 amide bonds. The summed E-state index contributed by atoms with van der Waals surface area (Å²) in [5.74, 6) is -3.67. The fraction of sp³-hybridized carbons (Fsp3) is 0.357. The molecule has 236 valence electrons. The molecule has 0 bridgehead atoms. The van der Waals surface area contributed by atoms with Crippen LogP contribution in [0.5, 0.6) is 0 Å². The fourth-order valence-electron chi connectivity index (χ4n) is 3.42. The summed E-state index contributed by atoms with van der Waals surface area (Å²) in [5, 5.41) is 4.72. The van der Waals surface area contributed by atoms with Gasteiger partial charge in [0.2, 0.25) is 11.6 Å². The largest absolute Gasteiger partial charge is 0.467 e. The number of amides is 4. The van der Waals surface area contributed by atoms with Gasteiger partial charge in [0.25, 0.3) is 23.6 Å². The molecule has 2 atom stereocenters. The van der Waals surface area contributed by atoms with Crippen LogP contribution in [0.3, 0.4) is 0 Å². The number of esters is 2. The maximum absolute atomic E-state index is 12.5. The van der Waals surface area contributed by atoms with Crippen molar-refractivity contribution in [1.82, 2.24) is 20.4 Å². The SMILES string of the molecule is CNC(=O)C(C(=O)OC)N(C)C(=O)c1ccc(I)cc1.CNC(=O)C(C)(C(=O)OC)N(C)C(=O)c1ccc(I)cc1.[2H]CF. The lowest BCUT2D eigenvalue weighted by molar-refractivity contribution is -0.158. The van der Waals surface area contributed by atoms with Crippen molar-refractivity contribution in [3.63, 3.8) is 0 Å². The number of halogens is 3. The zero-order chi connectivity index (χ0) is 34.2. The van der Waals surface area contributed by atoms with Crippen LogP contribution in [0.15, 0.2) is 48.5 Å². The van der Waals surface area contributed by atoms with Crippen LogP contribution in [0.25, 0.3) is 0 Å². The molecule has 2 aromatic carbocycles. The van der Waals surface area contributed by atoms with Crippen molar-refractivity contribution in [1.29, 1.82) is 0 Å². The molecule has 2 N–H and O–H groups in total. The summed E-state index contributed by atoms with van der Waals surface area (Å²) in [6, 6.07) is 12.3. The first kappa shape index (κ1) is 37.7. The quantitative estimate of drug-likeness (QED) is 0.234. The zero-order valence-electron chi connectivity index (χ0n) is 25.7. The Morgan fingerprint density at radius 2 is 1.26 bits per heavy atom. The van der Waals surface area contributed by atoms with Gasteiger partial charge in [-0.15, -0.1) is 0 Å². The average Bonchev–Trinajstić information content (AvgIpc) is 3.03. The summed E-state index contributed by atoms with van der Waals surface area (Å²) in [6.45, 7) is 1.35. The number of ether oxygens (including phenoxy) is 2. The monoisotopic (exact) mass is 829 g/mol. The molecule has 2 rings (SSSR count). The van der Waals surface area contributed by atoms with Crippen LogP contribution in [0.4, 0.5) is 4.39 Å². The van der Waals surface area contributed by atoms with Crippen molar-refractivity contribution >= 4 is 80.7 Å². The van der Waals surface area contributed by atoms with Crippen molar-refractivity contribution < 1.29 is 44.0 Å². The number of nitrogens with one attached hydrogen (secondary N) is 2. The first-order chi connectivity index (χ1) is 20.6. The second kappa shape index (κ2) is 19.0. The molecule has 0 aliphatic rings. The van der Waals surface area contributed by atoms with Crippen LogP contribution in [-0.4, -0.2) is 107 Å². The number of hydrogen-bond donors (Lipinski definition) is 2. The van der Waals surface area contributed by atoms with Gasteiger partial charge in [0.15, 0.2) is 0 Å². The number of carbonyl (C=O) groups is 6. The van der Waals surface area contributed by atoms with Gasteiger partial charge in [0.05, 0.1) is 22.7 Å². The minimum absolute atomic E-state index is 0.386. The molecule has 0 radical (unpaired) electrons. The lowest BCUT2D eigenvalue weighted by Crippen LogP contribution is -2.62. The summed E-state index contributed by atoms with van der Waals surface area (Å²) in [5.41, 5.74) is -0.952. The lowest BCUT2D eigenvalue weighted by atomic mass is 9.98. The molecule has 43 heavy (non-hydrogen) atoms. The zero-order valence-corrected chi connectivity index (χ0v) is 29.0. The Balaban J connectivity index is 0.000000772. The van der Waals surface area contributed by atoms with Crippen LogP contribution in [0.1, 0.15) is 29.0 Å². The lowest BCUT2D eigenvalue weighted by Gasteiger charge is -2.34. The molecule has 0 aliphatic heterocycles. The Morgan fingerprint density at radius 1 is 0.837 bits per heavy atom. The van der Waals surface area contributed by atoms with E-state index in [0.29, 0.717) is 11.1 Å². The maximum Gasteiger partial charge on any atom is 0.341 e. The molecule has 0 saturated heterocycles. The van der Waals surface area contributed by atoms with Gasteiger partial charge in [0, 0.05) is 46.5 Å². The van der Waals surface area contributed by atoms with E-state index < -0.39 is 54.3 Å². The summed E-state index contributed by atoms with van der Waals surface area (Å²) in [6.07, 6.45) is 0. The van der Waals surface area contributed by atoms with Gasteiger partial charge < -0.3 is 29.9 Å². The molecule has 0 aromatic heterocycles. The summed E-state index contributed by atoms with van der Waals surface area (Å²) in [7, 11) is 6.91. The van der Waals surface area contributed by atoms with E-state index in [1.165, 1.54) is 49.3 Å². The van der Waals surface area contributed by atoms with Gasteiger partial charge in [-0.3, -0.25) is 23.6 Å². The van der Waals surface area contributed by atoms with Crippen molar-refractivity contribution in [2.75, 3.05) is 49.6 Å². The number of carbonyl (C=O) groups excluding carboxylic acids is 6. The smallest absolute Gasteiger partial charge is 0.341 e. The highest BCUT2D eigenvalue weighted by Gasteiger charge is 2.48. The van der Waals surface area contributed by atoms with E-state index in [2.05, 4.69) is 65.3 Å². The summed E-state index contributed by atoms with van der Waals surface area (Å²) in [4.78, 5) is 74.3. The Morgan fingerprint density at radius 3 is 1.60 bits per heavy atom. The van der Waals surface area contributed by atoms with Crippen LogP contribution in [0.2, 0.25) is 0 Å². The minimum Gasteiger partial charge on any atom is -0.467 e. The predicted octanol–water partition coefficient (Wildman–Crippen LogP) is 2.28. The first-order valence-electron chi connectivity index (χ1n) is 12.8. The van der Waals surface area contributed by atoms with Crippen LogP contribution >= 0.6 is 45.2 Å². The van der Waals surface area contributed by atoms with Crippen LogP contribution in [0, 0.1) is 7.14 Å². The number of benzene rings is 2. The molecule has 0 aliphatic carbocycles. The van der Waals surface area contributed by atoms with E-state index in [0.717, 1.165) is 16.9 Å². The van der Waals surface area contributed by atoms with E-state index in [1.807, 2.05) is 0 Å². The van der Waals surface area contributed by atoms with Crippen molar-refractivity contribution in [3.05, 3.63) is 66.8 Å². The predicted molar refractivity (Wildman–Crippen MR) is 174 cm³/mol. The number of alkyl halides is 1. The van der Waals surface area contributed by atoms with E-state index in [4.69, 9.17) is 1.37 Å². The van der Waals surface area contributed by atoms with E-state index in [-0.39, 0.29) is 0 Å². The number of hydrogen-bond acceptors (Lipinski definition) is 8. The molecular formula is C28H35FI2N4O8. The van der Waals surface area contributed by atoms with Gasteiger partial charge in [-0.1, -0.05) is 0 Å². The Hall–Kier alpha value is -3.35. The van der Waals surface area contributed by atoms with Gasteiger partial charge in [0.1, 0.15) is 0 Å². The molecule has 0 fully saturated rings. The van der Waals surface area contributed by atoms with Crippen molar-refractivity contribution in [3.8, 4) is 0 Å². The van der Waals surface area contributed by atoms with E-state index in [9.17, 15) is 33.2 Å². The van der Waals surface area contributed by atoms with Crippen molar-refractivity contribution in [2.24, 2.45) is 0 Å². The standard InChI is InChI=1S/C14H17IN2O4.C13H15IN2O4.CH3F/c1-14(12(19)16-2,13(20)21-4)17(3)11(18)9-5-7-10(15)8-6-9;1-15-11(17)10(13(19)20-3)16(2)12(18)8-4-6-9(14)7-5-8;1-2/h5-8H,1-4H3,(H,16,19);4-7,10H,1-3H3,(H,15,17);1H3/i;;1D. The maximum atomic E-state index is 12.5. The van der Waals surface area contributed by atoms with E-state index in [1.54, 1.807) is 48.5 Å². The molecule has 0 saturated carbocycles. The van der Waals surface area contributed by atoms with Crippen LogP contribution in [-0.2, 0) is 28.7 Å². The molecular weight excluding hydrogens is 793 g/mol. The second-order valence-corrected chi connectivity index (χ2v) is 11.0. The third-order valence-corrected chi connectivity index (χ3v) is 7.48. The topological polar surface area (TPSA) is 151 Å². The molecule has 0 spiro atoms. The molecule has 2 unspecified atom stereocenters. The summed E-state index contributed by atoms with van der Waals surface area (Å²) < 4.78 is 26.7. The van der Waals surface area contributed by atoms with Gasteiger partial charge in [-0.05, 0) is 101 Å². The molecule has 12 nitrogen and oxygen atoms in total. The highest BCUT2D eigenvalue weighted by atomic mass is 127. The second-order valence-electron chi connectivity index (χ2n) is 8.48. The third-order valence-electron chi connectivity index (χ3n) is 6.04. The van der Waals surface area contributed by atoms with Gasteiger partial charge in [-0.2, -0.15) is 0 Å². The number of likely N-dealkylation sites (N-methyl/N-ethyl adjacent to an activating group) is 4. The Labute approximate surface area is 278 Å². The van der Waals surface area contributed by atoms with Gasteiger partial charge in [-0.25, -0.2) is 9.59 Å².